The zero-order valence-corrected chi connectivity index (χ0v) is 18.7. The molecule has 2 heterocycles. The Kier molecular flexibility index (Phi) is 7.49. The fourth-order valence-electron chi connectivity index (χ4n) is 3.94. The molecule has 4 rings (SSSR count). The molecule has 0 spiro atoms. The van der Waals surface area contributed by atoms with Gasteiger partial charge in [-0.1, -0.05) is 42.5 Å². The zero-order valence-electron chi connectivity index (χ0n) is 18.7. The molecule has 1 aliphatic heterocycles. The first kappa shape index (κ1) is 23.4. The Morgan fingerprint density at radius 3 is 2.50 bits per heavy atom. The summed E-state index contributed by atoms with van der Waals surface area (Å²) in [4.78, 5) is 29.3. The summed E-state index contributed by atoms with van der Waals surface area (Å²) in [6, 6.07) is 18.9. The molecule has 1 saturated heterocycles. The third-order valence-corrected chi connectivity index (χ3v) is 5.75. The number of hydrogen-bond donors (Lipinski definition) is 0. The van der Waals surface area contributed by atoms with E-state index in [1.165, 1.54) is 41.6 Å². The van der Waals surface area contributed by atoms with Gasteiger partial charge in [-0.15, -0.1) is 0 Å². The van der Waals surface area contributed by atoms with Crippen LogP contribution in [-0.2, 0) is 22.6 Å². The molecule has 0 bridgehead atoms. The van der Waals surface area contributed by atoms with Crippen molar-refractivity contribution in [1.82, 2.24) is 9.80 Å². The Labute approximate surface area is 197 Å². The van der Waals surface area contributed by atoms with Gasteiger partial charge in [0.1, 0.15) is 12.4 Å². The van der Waals surface area contributed by atoms with Crippen LogP contribution in [-0.4, -0.2) is 53.9 Å². The molecule has 0 saturated carbocycles. The van der Waals surface area contributed by atoms with Gasteiger partial charge in [-0.05, 0) is 29.7 Å². The smallest absolute Gasteiger partial charge is 0.254 e. The number of ether oxygens (including phenoxy) is 1. The van der Waals surface area contributed by atoms with E-state index in [1.54, 1.807) is 17.0 Å². The van der Waals surface area contributed by atoms with Crippen LogP contribution in [0.1, 0.15) is 21.5 Å². The van der Waals surface area contributed by atoms with Gasteiger partial charge in [-0.2, -0.15) is 4.73 Å². The number of rotatable bonds is 7. The van der Waals surface area contributed by atoms with Crippen LogP contribution >= 0.6 is 0 Å². The van der Waals surface area contributed by atoms with E-state index in [4.69, 9.17) is 4.74 Å². The standard InChI is InChI=1S/C26H26FN3O4/c27-23-8-4-7-21(15-23)19-34-24-16-28(12-9-20-5-2-1-3-6-20)25(31)18-29(17-24)26(32)22-10-13-30(33)14-11-22/h1-8,10-11,13-15,24H,9,12,16-19H2/t24-/m1/s1. The maximum atomic E-state index is 13.6. The van der Waals surface area contributed by atoms with E-state index >= 15 is 0 Å². The highest BCUT2D eigenvalue weighted by Gasteiger charge is 2.31. The average Bonchev–Trinajstić information content (AvgIpc) is 3.00. The summed E-state index contributed by atoms with van der Waals surface area (Å²) in [6.45, 7) is 1.09. The van der Waals surface area contributed by atoms with E-state index in [2.05, 4.69) is 0 Å². The molecule has 176 valence electrons. The lowest BCUT2D eigenvalue weighted by Gasteiger charge is -2.25. The molecule has 0 N–H and O–H groups in total. The van der Waals surface area contributed by atoms with Crippen molar-refractivity contribution in [3.05, 3.63) is 107 Å². The van der Waals surface area contributed by atoms with E-state index < -0.39 is 6.10 Å². The second-order valence-electron chi connectivity index (χ2n) is 8.27. The first-order valence-electron chi connectivity index (χ1n) is 11.1. The second-order valence-corrected chi connectivity index (χ2v) is 8.27. The number of benzene rings is 2. The monoisotopic (exact) mass is 463 g/mol. The average molecular weight is 464 g/mol. The molecule has 0 radical (unpaired) electrons. The van der Waals surface area contributed by atoms with Crippen LogP contribution in [0.15, 0.2) is 79.1 Å². The van der Waals surface area contributed by atoms with Crippen molar-refractivity contribution in [3.63, 3.8) is 0 Å². The molecule has 8 heteroatoms. The molecule has 1 aromatic heterocycles. The normalized spacial score (nSPS) is 16.4. The number of nitrogens with zero attached hydrogens (tertiary/aromatic N) is 3. The van der Waals surface area contributed by atoms with Crippen molar-refractivity contribution >= 4 is 11.8 Å². The van der Waals surface area contributed by atoms with E-state index in [1.807, 2.05) is 30.3 Å². The number of hydrogen-bond acceptors (Lipinski definition) is 4. The van der Waals surface area contributed by atoms with Gasteiger partial charge in [0.25, 0.3) is 5.91 Å². The van der Waals surface area contributed by atoms with Crippen molar-refractivity contribution in [1.29, 1.82) is 0 Å². The predicted molar refractivity (Wildman–Crippen MR) is 123 cm³/mol. The molecule has 0 aliphatic carbocycles. The SMILES string of the molecule is O=C1CN(C(=O)c2cc[n+]([O-])cc2)C[C@H](OCc2cccc(F)c2)CN1CCc1ccccc1. The van der Waals surface area contributed by atoms with E-state index in [9.17, 15) is 19.2 Å². The van der Waals surface area contributed by atoms with Gasteiger partial charge in [0.05, 0.1) is 18.3 Å². The van der Waals surface area contributed by atoms with E-state index in [0.717, 1.165) is 5.56 Å². The highest BCUT2D eigenvalue weighted by atomic mass is 19.1. The van der Waals surface area contributed by atoms with Gasteiger partial charge < -0.3 is 19.7 Å². The number of halogens is 1. The molecule has 2 aromatic carbocycles. The Bertz CT molecular complexity index is 1120. The van der Waals surface area contributed by atoms with Crippen molar-refractivity contribution in [2.24, 2.45) is 0 Å². The minimum Gasteiger partial charge on any atom is -0.619 e. The van der Waals surface area contributed by atoms with E-state index in [-0.39, 0.29) is 37.3 Å². The van der Waals surface area contributed by atoms with Crippen LogP contribution in [0, 0.1) is 11.0 Å². The van der Waals surface area contributed by atoms with Gasteiger partial charge in [-0.25, -0.2) is 4.39 Å². The van der Waals surface area contributed by atoms with Crippen molar-refractivity contribution in [2.45, 2.75) is 19.1 Å². The van der Waals surface area contributed by atoms with Gasteiger partial charge in [0.15, 0.2) is 12.4 Å². The summed E-state index contributed by atoms with van der Waals surface area (Å²) in [5.41, 5.74) is 2.11. The third kappa shape index (κ3) is 6.17. The predicted octanol–water partition coefficient (Wildman–Crippen LogP) is 2.57. The number of amides is 2. The van der Waals surface area contributed by atoms with Crippen LogP contribution < -0.4 is 4.73 Å². The summed E-state index contributed by atoms with van der Waals surface area (Å²) in [6.07, 6.45) is 2.72. The molecule has 7 nitrogen and oxygen atoms in total. The van der Waals surface area contributed by atoms with Crippen LogP contribution in [0.4, 0.5) is 4.39 Å². The number of pyridine rings is 1. The van der Waals surface area contributed by atoms with Crippen molar-refractivity contribution in [2.75, 3.05) is 26.2 Å². The third-order valence-electron chi connectivity index (χ3n) is 5.75. The summed E-state index contributed by atoms with van der Waals surface area (Å²) in [5, 5.41) is 11.3. The molecular formula is C26H26FN3O4. The topological polar surface area (TPSA) is 76.8 Å². The molecular weight excluding hydrogens is 437 g/mol. The Morgan fingerprint density at radius 1 is 1.03 bits per heavy atom. The minimum atomic E-state index is -0.456. The van der Waals surface area contributed by atoms with Gasteiger partial charge in [-0.3, -0.25) is 9.59 Å². The quantitative estimate of drug-likeness (QED) is 0.399. The Morgan fingerprint density at radius 2 is 1.76 bits per heavy atom. The molecule has 1 aliphatic rings. The largest absolute Gasteiger partial charge is 0.619 e. The second kappa shape index (κ2) is 10.9. The van der Waals surface area contributed by atoms with Crippen molar-refractivity contribution in [3.8, 4) is 0 Å². The summed E-state index contributed by atoms with van der Waals surface area (Å²) in [7, 11) is 0. The summed E-state index contributed by atoms with van der Waals surface area (Å²) < 4.78 is 20.2. The zero-order chi connectivity index (χ0) is 23.9. The van der Waals surface area contributed by atoms with Gasteiger partial charge in [0.2, 0.25) is 5.91 Å². The van der Waals surface area contributed by atoms with Crippen molar-refractivity contribution < 1.29 is 23.4 Å². The maximum absolute atomic E-state index is 13.6. The first-order valence-corrected chi connectivity index (χ1v) is 11.1. The summed E-state index contributed by atoms with van der Waals surface area (Å²) in [5.74, 6) is -0.868. The molecule has 2 amide bonds. The van der Waals surface area contributed by atoms with Crippen LogP contribution in [0.5, 0.6) is 0 Å². The molecule has 0 unspecified atom stereocenters. The van der Waals surface area contributed by atoms with Crippen LogP contribution in [0.2, 0.25) is 0 Å². The lowest BCUT2D eigenvalue weighted by molar-refractivity contribution is -0.605. The van der Waals surface area contributed by atoms with E-state index in [0.29, 0.717) is 35.4 Å². The molecule has 1 atom stereocenters. The van der Waals surface area contributed by atoms with Gasteiger partial charge >= 0.3 is 0 Å². The highest BCUT2D eigenvalue weighted by molar-refractivity contribution is 5.96. The Hall–Kier alpha value is -3.78. The minimum absolute atomic E-state index is 0.0836. The number of carbonyl (C=O) groups is 2. The lowest BCUT2D eigenvalue weighted by atomic mass is 10.1. The number of aromatic nitrogens is 1. The van der Waals surface area contributed by atoms with Gasteiger partial charge in [0, 0.05) is 31.8 Å². The summed E-state index contributed by atoms with van der Waals surface area (Å²) >= 11 is 0. The lowest BCUT2D eigenvalue weighted by Crippen LogP contribution is -2.40. The fourth-order valence-corrected chi connectivity index (χ4v) is 3.94. The number of carbonyl (C=O) groups excluding carboxylic acids is 2. The maximum Gasteiger partial charge on any atom is 0.254 e. The molecule has 34 heavy (non-hydrogen) atoms. The fraction of sp³-hybridized carbons (Fsp3) is 0.269. The molecule has 1 fully saturated rings. The van der Waals surface area contributed by atoms with Crippen LogP contribution in [0.25, 0.3) is 0 Å². The molecule has 3 aromatic rings. The highest BCUT2D eigenvalue weighted by Crippen LogP contribution is 2.15. The Balaban J connectivity index is 1.50. The van der Waals surface area contributed by atoms with Crippen LogP contribution in [0.3, 0.4) is 0 Å². The first-order chi connectivity index (χ1) is 16.5.